The Morgan fingerprint density at radius 3 is 2.47 bits per heavy atom. The van der Waals surface area contributed by atoms with E-state index in [2.05, 4.69) is 5.10 Å². The van der Waals surface area contributed by atoms with E-state index < -0.39 is 64.0 Å². The fourth-order valence-corrected chi connectivity index (χ4v) is 4.02. The van der Waals surface area contributed by atoms with Crippen LogP contribution in [0.2, 0.25) is 0 Å². The quantitative estimate of drug-likeness (QED) is 0.529. The van der Waals surface area contributed by atoms with Gasteiger partial charge < -0.3 is 10.1 Å². The minimum atomic E-state index is -4.86. The molecule has 2 aromatic carbocycles. The lowest BCUT2D eigenvalue weighted by Crippen LogP contribution is -2.32. The van der Waals surface area contributed by atoms with Crippen molar-refractivity contribution in [2.24, 2.45) is 0 Å². The van der Waals surface area contributed by atoms with Crippen LogP contribution in [-0.4, -0.2) is 38.3 Å². The lowest BCUT2D eigenvalue weighted by atomic mass is 10.1. The van der Waals surface area contributed by atoms with Crippen molar-refractivity contribution >= 4 is 23.4 Å². The number of alkyl halides is 3. The van der Waals surface area contributed by atoms with Gasteiger partial charge in [0.05, 0.1) is 5.56 Å². The number of nitrogens with zero attached hydrogens (tertiary/aromatic N) is 3. The van der Waals surface area contributed by atoms with Crippen molar-refractivity contribution < 1.29 is 35.9 Å². The van der Waals surface area contributed by atoms with Gasteiger partial charge in [-0.2, -0.15) is 17.9 Å². The van der Waals surface area contributed by atoms with Gasteiger partial charge in [0.2, 0.25) is 0 Å². The molecular formula is C20H14F6N4O3S. The van der Waals surface area contributed by atoms with Crippen molar-refractivity contribution in [1.82, 2.24) is 14.3 Å². The maximum atomic E-state index is 15.0. The van der Waals surface area contributed by atoms with Crippen LogP contribution in [-0.2, 0) is 6.54 Å². The Morgan fingerprint density at radius 2 is 1.85 bits per heavy atom. The molecule has 0 spiro atoms. The van der Waals surface area contributed by atoms with Crippen molar-refractivity contribution in [2.75, 3.05) is 11.1 Å². The number of hydrogen-bond donors (Lipinski definition) is 1. The molecule has 0 unspecified atom stereocenters. The van der Waals surface area contributed by atoms with E-state index in [4.69, 9.17) is 4.74 Å². The highest BCUT2D eigenvalue weighted by molar-refractivity contribution is 7.99. The number of carbonyl (C=O) groups is 1. The van der Waals surface area contributed by atoms with Gasteiger partial charge in [0, 0.05) is 18.4 Å². The van der Waals surface area contributed by atoms with Crippen LogP contribution in [0.3, 0.4) is 0 Å². The number of carbonyl (C=O) groups excluding carboxylic acids is 1. The van der Waals surface area contributed by atoms with Crippen molar-refractivity contribution in [3.05, 3.63) is 63.8 Å². The molecule has 2 heterocycles. The number of benzene rings is 2. The zero-order valence-corrected chi connectivity index (χ0v) is 17.9. The monoisotopic (exact) mass is 504 g/mol. The topological polar surface area (TPSA) is 78.2 Å². The number of thioether (sulfide) groups is 1. The highest BCUT2D eigenvalue weighted by atomic mass is 32.2. The van der Waals surface area contributed by atoms with Crippen LogP contribution in [0.1, 0.15) is 17.3 Å². The van der Waals surface area contributed by atoms with Gasteiger partial charge in [-0.25, -0.2) is 18.0 Å². The molecule has 34 heavy (non-hydrogen) atoms. The summed E-state index contributed by atoms with van der Waals surface area (Å²) in [6, 6.07) is 3.93. The molecule has 1 aliphatic rings. The van der Waals surface area contributed by atoms with Crippen LogP contribution in [0.5, 0.6) is 5.75 Å². The Balaban J connectivity index is 1.80. The number of aromatic nitrogens is 3. The SMILES string of the molecule is C[C@H](Oc1cc(-n2nc3n(c2=O)CCS3)c(F)cc1C(=O)Nc1c(F)cccc1F)C(F)(F)F. The van der Waals surface area contributed by atoms with Gasteiger partial charge in [-0.3, -0.25) is 9.36 Å². The second-order valence-corrected chi connectivity index (χ2v) is 8.19. The van der Waals surface area contributed by atoms with E-state index >= 15 is 0 Å². The molecule has 14 heteroatoms. The van der Waals surface area contributed by atoms with Crippen molar-refractivity contribution in [3.8, 4) is 11.4 Å². The summed E-state index contributed by atoms with van der Waals surface area (Å²) in [5, 5.41) is 6.12. The van der Waals surface area contributed by atoms with Gasteiger partial charge >= 0.3 is 11.9 Å². The Bertz CT molecular complexity index is 1320. The van der Waals surface area contributed by atoms with Crippen LogP contribution in [0, 0.1) is 17.5 Å². The van der Waals surface area contributed by atoms with E-state index in [1.807, 2.05) is 5.32 Å². The minimum absolute atomic E-state index is 0.285. The van der Waals surface area contributed by atoms with Crippen molar-refractivity contribution in [1.29, 1.82) is 0 Å². The third-order valence-electron chi connectivity index (χ3n) is 4.86. The molecule has 1 atom stereocenters. The number of nitrogens with one attached hydrogen (secondary N) is 1. The third kappa shape index (κ3) is 4.36. The van der Waals surface area contributed by atoms with Gasteiger partial charge in [-0.1, -0.05) is 17.8 Å². The second kappa shape index (κ2) is 8.74. The molecule has 0 bridgehead atoms. The first kappa shape index (κ1) is 23.7. The van der Waals surface area contributed by atoms with Crippen molar-refractivity contribution in [3.63, 3.8) is 0 Å². The molecule has 0 aliphatic carbocycles. The molecule has 7 nitrogen and oxygen atoms in total. The summed E-state index contributed by atoms with van der Waals surface area (Å²) in [7, 11) is 0. The van der Waals surface area contributed by atoms with E-state index in [9.17, 15) is 35.9 Å². The second-order valence-electron chi connectivity index (χ2n) is 7.13. The molecule has 0 radical (unpaired) electrons. The molecule has 180 valence electrons. The fourth-order valence-electron chi connectivity index (χ4n) is 3.10. The normalized spacial score (nSPS) is 14.1. The number of amides is 1. The first-order chi connectivity index (χ1) is 16.0. The van der Waals surface area contributed by atoms with Crippen LogP contribution in [0.4, 0.5) is 32.0 Å². The highest BCUT2D eigenvalue weighted by Gasteiger charge is 2.39. The summed E-state index contributed by atoms with van der Waals surface area (Å²) in [5.74, 6) is -5.06. The summed E-state index contributed by atoms with van der Waals surface area (Å²) in [5.41, 5.74) is -2.97. The minimum Gasteiger partial charge on any atom is -0.480 e. The first-order valence-electron chi connectivity index (χ1n) is 9.62. The summed E-state index contributed by atoms with van der Waals surface area (Å²) < 4.78 is 88.9. The van der Waals surface area contributed by atoms with Crippen LogP contribution < -0.4 is 15.7 Å². The Labute approximate surface area is 191 Å². The number of ether oxygens (including phenoxy) is 1. The van der Waals surface area contributed by atoms with Crippen LogP contribution in [0.25, 0.3) is 5.69 Å². The number of para-hydroxylation sites is 1. The summed E-state index contributed by atoms with van der Waals surface area (Å²) >= 11 is 1.23. The van der Waals surface area contributed by atoms with Gasteiger partial charge in [0.15, 0.2) is 11.3 Å². The number of rotatable bonds is 5. The highest BCUT2D eigenvalue weighted by Crippen LogP contribution is 2.32. The molecular weight excluding hydrogens is 490 g/mol. The number of hydrogen-bond acceptors (Lipinski definition) is 5. The first-order valence-corrected chi connectivity index (χ1v) is 10.6. The lowest BCUT2D eigenvalue weighted by molar-refractivity contribution is -0.189. The van der Waals surface area contributed by atoms with Crippen molar-refractivity contribution in [2.45, 2.75) is 30.9 Å². The number of anilines is 1. The van der Waals surface area contributed by atoms with Crippen LogP contribution >= 0.6 is 11.8 Å². The largest absolute Gasteiger partial charge is 0.480 e. The van der Waals surface area contributed by atoms with Gasteiger partial charge in [0.25, 0.3) is 5.91 Å². The van der Waals surface area contributed by atoms with E-state index in [0.717, 1.165) is 18.2 Å². The fraction of sp³-hybridized carbons (Fsp3) is 0.250. The van der Waals surface area contributed by atoms with E-state index in [-0.39, 0.29) is 5.16 Å². The molecule has 0 saturated heterocycles. The molecule has 1 aromatic heterocycles. The molecule has 3 aromatic rings. The summed E-state index contributed by atoms with van der Waals surface area (Å²) in [6.07, 6.45) is -7.30. The molecule has 1 aliphatic heterocycles. The lowest BCUT2D eigenvalue weighted by Gasteiger charge is -2.20. The summed E-state index contributed by atoms with van der Waals surface area (Å²) in [6.45, 7) is 0.957. The van der Waals surface area contributed by atoms with Gasteiger partial charge in [-0.05, 0) is 25.1 Å². The third-order valence-corrected chi connectivity index (χ3v) is 5.81. The molecule has 0 saturated carbocycles. The number of halogens is 6. The van der Waals surface area contributed by atoms with E-state index in [1.165, 1.54) is 16.3 Å². The average molecular weight is 504 g/mol. The van der Waals surface area contributed by atoms with Crippen LogP contribution in [0.15, 0.2) is 40.3 Å². The standard InChI is InChI=1S/C20H14F6N4O3S/c1-9(20(24,25)26)33-15-8-14(30-19(32)29-5-6-34-18(29)28-30)13(23)7-10(15)17(31)27-16-11(21)3-2-4-12(16)22/h2-4,7-9H,5-6H2,1H3,(H,27,31)/t9-/m0/s1. The van der Waals surface area contributed by atoms with E-state index in [1.54, 1.807) is 0 Å². The smallest absolute Gasteiger partial charge is 0.425 e. The molecule has 0 fully saturated rings. The predicted octanol–water partition coefficient (Wildman–Crippen LogP) is 4.14. The zero-order chi connectivity index (χ0) is 24.8. The maximum absolute atomic E-state index is 15.0. The average Bonchev–Trinajstić information content (AvgIpc) is 3.34. The zero-order valence-electron chi connectivity index (χ0n) is 17.1. The molecule has 1 amide bonds. The maximum Gasteiger partial charge on any atom is 0.425 e. The Morgan fingerprint density at radius 1 is 1.18 bits per heavy atom. The van der Waals surface area contributed by atoms with E-state index in [0.29, 0.717) is 36.0 Å². The predicted molar refractivity (Wildman–Crippen MR) is 109 cm³/mol. The molecule has 1 N–H and O–H groups in total. The molecule has 4 rings (SSSR count). The summed E-state index contributed by atoms with van der Waals surface area (Å²) in [4.78, 5) is 25.2. The van der Waals surface area contributed by atoms with Gasteiger partial charge in [0.1, 0.15) is 34.6 Å². The number of fused-ring (bicyclic) bond motifs is 1. The Kier molecular flexibility index (Phi) is 6.10. The van der Waals surface area contributed by atoms with Gasteiger partial charge in [-0.15, -0.1) is 5.10 Å². The Hall–Kier alpha value is -3.42.